The topological polar surface area (TPSA) is 38.0 Å². The van der Waals surface area contributed by atoms with Crippen LogP contribution >= 0.6 is 0 Å². The lowest BCUT2D eigenvalue weighted by Crippen LogP contribution is -2.35. The summed E-state index contributed by atoms with van der Waals surface area (Å²) < 4.78 is 0. The van der Waals surface area contributed by atoms with Gasteiger partial charge in [0.2, 0.25) is 0 Å². The minimum atomic E-state index is 0.165. The maximum atomic E-state index is 5.58. The van der Waals surface area contributed by atoms with Crippen molar-refractivity contribution < 1.29 is 0 Å². The van der Waals surface area contributed by atoms with Crippen LogP contribution in [0, 0.1) is 0 Å². The Hall–Kier alpha value is -0.860. The summed E-state index contributed by atoms with van der Waals surface area (Å²) in [6.07, 6.45) is 0. The van der Waals surface area contributed by atoms with Gasteiger partial charge in [0, 0.05) is 18.6 Å². The third-order valence-electron chi connectivity index (χ3n) is 2.05. The molecule has 0 heterocycles. The van der Waals surface area contributed by atoms with E-state index in [9.17, 15) is 0 Å². The van der Waals surface area contributed by atoms with E-state index >= 15 is 0 Å². The molecule has 2 heteroatoms. The number of hydrogen-bond donors (Lipinski definition) is 2. The highest BCUT2D eigenvalue weighted by atomic mass is 14.9. The number of benzene rings is 1. The molecular weight excluding hydrogens is 172 g/mol. The molecule has 0 fully saturated rings. The minimum Gasteiger partial charge on any atom is -0.326 e. The molecule has 2 nitrogen and oxygen atoms in total. The van der Waals surface area contributed by atoms with Crippen molar-refractivity contribution in [2.75, 3.05) is 0 Å². The Labute approximate surface area is 86.5 Å². The first-order chi connectivity index (χ1) is 6.51. The van der Waals surface area contributed by atoms with Crippen LogP contribution < -0.4 is 11.1 Å². The highest BCUT2D eigenvalue weighted by molar-refractivity contribution is 5.23. The normalized spacial score (nSPS) is 11.7. The van der Waals surface area contributed by atoms with E-state index in [1.165, 1.54) is 11.1 Å². The van der Waals surface area contributed by atoms with Gasteiger partial charge in [-0.05, 0) is 31.9 Å². The molecular formula is C12H20N2. The van der Waals surface area contributed by atoms with Crippen molar-refractivity contribution in [1.82, 2.24) is 5.32 Å². The molecule has 1 rings (SSSR count). The smallest absolute Gasteiger partial charge is 0.0210 e. The predicted molar refractivity (Wildman–Crippen MR) is 60.9 cm³/mol. The number of nitrogens with one attached hydrogen (secondary N) is 1. The van der Waals surface area contributed by atoms with E-state index in [1.54, 1.807) is 0 Å². The minimum absolute atomic E-state index is 0.165. The van der Waals surface area contributed by atoms with Gasteiger partial charge in [-0.15, -0.1) is 0 Å². The summed E-state index contributed by atoms with van der Waals surface area (Å²) in [6.45, 7) is 8.01. The Bertz CT molecular complexity index is 287. The predicted octanol–water partition coefficient (Wildman–Crippen LogP) is 2.03. The van der Waals surface area contributed by atoms with Crippen molar-refractivity contribution in [2.45, 2.75) is 39.4 Å². The van der Waals surface area contributed by atoms with Gasteiger partial charge in [-0.1, -0.05) is 24.3 Å². The van der Waals surface area contributed by atoms with E-state index in [-0.39, 0.29) is 5.54 Å². The van der Waals surface area contributed by atoms with Gasteiger partial charge in [-0.3, -0.25) is 0 Å². The molecule has 14 heavy (non-hydrogen) atoms. The first kappa shape index (κ1) is 11.2. The van der Waals surface area contributed by atoms with Crippen molar-refractivity contribution in [1.29, 1.82) is 0 Å². The van der Waals surface area contributed by atoms with Gasteiger partial charge in [0.15, 0.2) is 0 Å². The third kappa shape index (κ3) is 3.90. The molecule has 1 aromatic carbocycles. The SMILES string of the molecule is CC(C)(C)NCc1cccc(CN)c1. The van der Waals surface area contributed by atoms with Crippen molar-refractivity contribution in [2.24, 2.45) is 5.73 Å². The summed E-state index contributed by atoms with van der Waals surface area (Å²) >= 11 is 0. The quantitative estimate of drug-likeness (QED) is 0.769. The van der Waals surface area contributed by atoms with E-state index in [0.717, 1.165) is 6.54 Å². The third-order valence-corrected chi connectivity index (χ3v) is 2.05. The van der Waals surface area contributed by atoms with E-state index in [4.69, 9.17) is 5.73 Å². The molecule has 0 bridgehead atoms. The fourth-order valence-electron chi connectivity index (χ4n) is 1.23. The molecule has 0 amide bonds. The largest absolute Gasteiger partial charge is 0.326 e. The molecule has 0 saturated heterocycles. The molecule has 0 aromatic heterocycles. The van der Waals surface area contributed by atoms with Crippen LogP contribution in [0.25, 0.3) is 0 Å². The fourth-order valence-corrected chi connectivity index (χ4v) is 1.23. The van der Waals surface area contributed by atoms with Gasteiger partial charge in [-0.2, -0.15) is 0 Å². The number of nitrogens with two attached hydrogens (primary N) is 1. The van der Waals surface area contributed by atoms with Crippen molar-refractivity contribution in [3.05, 3.63) is 35.4 Å². The molecule has 0 unspecified atom stereocenters. The van der Waals surface area contributed by atoms with Crippen LogP contribution in [0.15, 0.2) is 24.3 Å². The molecule has 78 valence electrons. The summed E-state index contributed by atoms with van der Waals surface area (Å²) in [6, 6.07) is 8.39. The van der Waals surface area contributed by atoms with E-state index in [1.807, 2.05) is 0 Å². The Morgan fingerprint density at radius 1 is 1.21 bits per heavy atom. The van der Waals surface area contributed by atoms with Gasteiger partial charge >= 0.3 is 0 Å². The Balaban J connectivity index is 2.59. The molecule has 0 aliphatic heterocycles. The molecule has 3 N–H and O–H groups in total. The second kappa shape index (κ2) is 4.58. The Morgan fingerprint density at radius 3 is 2.43 bits per heavy atom. The summed E-state index contributed by atoms with van der Waals surface area (Å²) in [4.78, 5) is 0. The second-order valence-electron chi connectivity index (χ2n) is 4.63. The number of rotatable bonds is 3. The summed E-state index contributed by atoms with van der Waals surface area (Å²) in [5.74, 6) is 0. The lowest BCUT2D eigenvalue weighted by atomic mass is 10.1. The van der Waals surface area contributed by atoms with Gasteiger partial charge in [-0.25, -0.2) is 0 Å². The summed E-state index contributed by atoms with van der Waals surface area (Å²) in [5, 5.41) is 3.45. The standard InChI is InChI=1S/C12H20N2/c1-12(2,3)14-9-11-6-4-5-10(7-11)8-13/h4-7,14H,8-9,13H2,1-3H3. The lowest BCUT2D eigenvalue weighted by molar-refractivity contribution is 0.424. The van der Waals surface area contributed by atoms with Crippen LogP contribution in [0.1, 0.15) is 31.9 Å². The summed E-state index contributed by atoms with van der Waals surface area (Å²) in [5.41, 5.74) is 8.23. The first-order valence-corrected chi connectivity index (χ1v) is 5.04. The van der Waals surface area contributed by atoms with Crippen LogP contribution in [-0.2, 0) is 13.1 Å². The van der Waals surface area contributed by atoms with Crippen LogP contribution in [0.2, 0.25) is 0 Å². The fraction of sp³-hybridized carbons (Fsp3) is 0.500. The van der Waals surface area contributed by atoms with Crippen LogP contribution in [0.4, 0.5) is 0 Å². The van der Waals surface area contributed by atoms with E-state index in [2.05, 4.69) is 50.4 Å². The van der Waals surface area contributed by atoms with Gasteiger partial charge in [0.1, 0.15) is 0 Å². The molecule has 1 aromatic rings. The molecule has 0 saturated carbocycles. The maximum absolute atomic E-state index is 5.58. The second-order valence-corrected chi connectivity index (χ2v) is 4.63. The highest BCUT2D eigenvalue weighted by Gasteiger charge is 2.07. The van der Waals surface area contributed by atoms with E-state index < -0.39 is 0 Å². The Kier molecular flexibility index (Phi) is 3.67. The average Bonchev–Trinajstić information content (AvgIpc) is 2.14. The zero-order chi connectivity index (χ0) is 10.6. The molecule has 0 radical (unpaired) electrons. The van der Waals surface area contributed by atoms with Crippen LogP contribution in [0.3, 0.4) is 0 Å². The van der Waals surface area contributed by atoms with Crippen LogP contribution in [-0.4, -0.2) is 5.54 Å². The van der Waals surface area contributed by atoms with Gasteiger partial charge < -0.3 is 11.1 Å². The Morgan fingerprint density at radius 2 is 1.86 bits per heavy atom. The van der Waals surface area contributed by atoms with Crippen molar-refractivity contribution in [3.8, 4) is 0 Å². The van der Waals surface area contributed by atoms with Crippen molar-refractivity contribution >= 4 is 0 Å². The number of hydrogen-bond acceptors (Lipinski definition) is 2. The molecule has 0 atom stereocenters. The lowest BCUT2D eigenvalue weighted by Gasteiger charge is -2.20. The van der Waals surface area contributed by atoms with E-state index in [0.29, 0.717) is 6.54 Å². The average molecular weight is 192 g/mol. The summed E-state index contributed by atoms with van der Waals surface area (Å²) in [7, 11) is 0. The van der Waals surface area contributed by atoms with Gasteiger partial charge in [0.25, 0.3) is 0 Å². The first-order valence-electron chi connectivity index (χ1n) is 5.04. The van der Waals surface area contributed by atoms with Gasteiger partial charge in [0.05, 0.1) is 0 Å². The zero-order valence-electron chi connectivity index (χ0n) is 9.30. The highest BCUT2D eigenvalue weighted by Crippen LogP contribution is 2.07. The monoisotopic (exact) mass is 192 g/mol. The van der Waals surface area contributed by atoms with Crippen molar-refractivity contribution in [3.63, 3.8) is 0 Å². The molecule has 0 spiro atoms. The molecule has 0 aliphatic carbocycles. The maximum Gasteiger partial charge on any atom is 0.0210 e. The van der Waals surface area contributed by atoms with Crippen LogP contribution in [0.5, 0.6) is 0 Å². The molecule has 0 aliphatic rings. The zero-order valence-corrected chi connectivity index (χ0v) is 9.30.